The molecule has 108 valence electrons. The Morgan fingerprint density at radius 1 is 1.32 bits per heavy atom. The number of rotatable bonds is 5. The highest BCUT2D eigenvalue weighted by Crippen LogP contribution is 2.46. The van der Waals surface area contributed by atoms with E-state index in [2.05, 4.69) is 19.2 Å². The van der Waals surface area contributed by atoms with Gasteiger partial charge in [0.1, 0.15) is 5.41 Å². The second kappa shape index (κ2) is 5.12. The maximum atomic E-state index is 12.1. The number of nitrogens with one attached hydrogen (secondary N) is 1. The summed E-state index contributed by atoms with van der Waals surface area (Å²) in [4.78, 5) is 23.2. The number of aliphatic carboxylic acids is 1. The molecule has 0 aromatic carbocycles. The monoisotopic (exact) mass is 269 g/mol. The van der Waals surface area contributed by atoms with Gasteiger partial charge in [0.05, 0.1) is 5.60 Å². The van der Waals surface area contributed by atoms with Crippen molar-refractivity contribution < 1.29 is 19.4 Å². The molecule has 0 bridgehead atoms. The summed E-state index contributed by atoms with van der Waals surface area (Å²) in [6, 6.07) is 0.0398. The van der Waals surface area contributed by atoms with Crippen LogP contribution in [0.2, 0.25) is 0 Å². The first-order chi connectivity index (χ1) is 8.98. The second-order valence-corrected chi connectivity index (χ2v) is 5.79. The van der Waals surface area contributed by atoms with Crippen molar-refractivity contribution in [3.63, 3.8) is 0 Å². The summed E-state index contributed by atoms with van der Waals surface area (Å²) in [5.74, 6) is -1.30. The fourth-order valence-electron chi connectivity index (χ4n) is 2.88. The topological polar surface area (TPSA) is 75.6 Å². The molecule has 5 heteroatoms. The Morgan fingerprint density at radius 3 is 2.42 bits per heavy atom. The average molecular weight is 269 g/mol. The normalized spacial score (nSPS) is 27.6. The second-order valence-electron chi connectivity index (χ2n) is 5.79. The lowest BCUT2D eigenvalue weighted by atomic mass is 9.85. The standard InChI is InChI=1S/C14H23NO4/c1-3-13(4-2)9-10(5-8-19-13)15-11(16)14(6-7-14)12(17)18/h10H,3-9H2,1-2H3,(H,15,16)(H,17,18). The van der Waals surface area contributed by atoms with E-state index >= 15 is 0 Å². The van der Waals surface area contributed by atoms with Crippen LogP contribution in [-0.4, -0.2) is 35.2 Å². The van der Waals surface area contributed by atoms with Crippen LogP contribution in [0.4, 0.5) is 0 Å². The third-order valence-corrected chi connectivity index (χ3v) is 4.71. The average Bonchev–Trinajstić information content (AvgIpc) is 3.20. The molecule has 19 heavy (non-hydrogen) atoms. The molecule has 1 aliphatic heterocycles. The Kier molecular flexibility index (Phi) is 3.85. The van der Waals surface area contributed by atoms with Crippen LogP contribution < -0.4 is 5.32 Å². The number of hydrogen-bond donors (Lipinski definition) is 2. The zero-order valence-corrected chi connectivity index (χ0v) is 11.7. The summed E-state index contributed by atoms with van der Waals surface area (Å²) < 4.78 is 5.86. The first-order valence-electron chi connectivity index (χ1n) is 7.16. The van der Waals surface area contributed by atoms with Gasteiger partial charge >= 0.3 is 5.97 Å². The van der Waals surface area contributed by atoms with Crippen molar-refractivity contribution >= 4 is 11.9 Å². The molecule has 2 N–H and O–H groups in total. The van der Waals surface area contributed by atoms with E-state index < -0.39 is 11.4 Å². The minimum atomic E-state index is -1.14. The Hall–Kier alpha value is -1.10. The minimum Gasteiger partial charge on any atom is -0.480 e. The molecule has 0 spiro atoms. The van der Waals surface area contributed by atoms with Gasteiger partial charge in [-0.15, -0.1) is 0 Å². The molecule has 2 aliphatic rings. The number of carboxylic acids is 1. The Labute approximate surface area is 113 Å². The predicted octanol–water partition coefficient (Wildman–Crippen LogP) is 1.71. The van der Waals surface area contributed by atoms with E-state index in [-0.39, 0.29) is 17.6 Å². The lowest BCUT2D eigenvalue weighted by Crippen LogP contribution is -2.50. The summed E-state index contributed by atoms with van der Waals surface area (Å²) in [5.41, 5.74) is -1.30. The molecule has 0 aromatic rings. The first kappa shape index (κ1) is 14.3. The van der Waals surface area contributed by atoms with Crippen LogP contribution in [0.3, 0.4) is 0 Å². The minimum absolute atomic E-state index is 0.0398. The van der Waals surface area contributed by atoms with Crippen LogP contribution in [-0.2, 0) is 14.3 Å². The van der Waals surface area contributed by atoms with Crippen molar-refractivity contribution in [1.29, 1.82) is 0 Å². The highest BCUT2D eigenvalue weighted by molar-refractivity contribution is 6.04. The molecule has 5 nitrogen and oxygen atoms in total. The summed E-state index contributed by atoms with van der Waals surface area (Å²) in [6.07, 6.45) is 4.30. The lowest BCUT2D eigenvalue weighted by Gasteiger charge is -2.40. The van der Waals surface area contributed by atoms with Gasteiger partial charge in [-0.2, -0.15) is 0 Å². The van der Waals surface area contributed by atoms with Gasteiger partial charge in [-0.25, -0.2) is 0 Å². The fourth-order valence-corrected chi connectivity index (χ4v) is 2.88. The largest absolute Gasteiger partial charge is 0.480 e. The molecule has 1 saturated heterocycles. The number of ether oxygens (including phenoxy) is 1. The number of carbonyl (C=O) groups excluding carboxylic acids is 1. The van der Waals surface area contributed by atoms with Crippen molar-refractivity contribution in [3.8, 4) is 0 Å². The highest BCUT2D eigenvalue weighted by atomic mass is 16.5. The molecular weight excluding hydrogens is 246 g/mol. The first-order valence-corrected chi connectivity index (χ1v) is 7.16. The highest BCUT2D eigenvalue weighted by Gasteiger charge is 2.57. The molecule has 1 heterocycles. The van der Waals surface area contributed by atoms with Gasteiger partial charge in [0.15, 0.2) is 0 Å². The van der Waals surface area contributed by atoms with Gasteiger partial charge in [0.25, 0.3) is 0 Å². The van der Waals surface area contributed by atoms with E-state index in [0.717, 1.165) is 25.7 Å². The molecule has 2 rings (SSSR count). The molecule has 1 aliphatic carbocycles. The van der Waals surface area contributed by atoms with Crippen LogP contribution in [0.15, 0.2) is 0 Å². The zero-order valence-electron chi connectivity index (χ0n) is 11.7. The fraction of sp³-hybridized carbons (Fsp3) is 0.857. The van der Waals surface area contributed by atoms with Crippen LogP contribution >= 0.6 is 0 Å². The molecule has 2 fully saturated rings. The van der Waals surface area contributed by atoms with Crippen molar-refractivity contribution in [2.24, 2.45) is 5.41 Å². The number of carbonyl (C=O) groups is 2. The van der Waals surface area contributed by atoms with Crippen LogP contribution in [0.1, 0.15) is 52.4 Å². The van der Waals surface area contributed by atoms with Gasteiger partial charge in [-0.05, 0) is 38.5 Å². The SMILES string of the molecule is CCC1(CC)CC(NC(=O)C2(C(=O)O)CC2)CCO1. The van der Waals surface area contributed by atoms with Crippen LogP contribution in [0.25, 0.3) is 0 Å². The quantitative estimate of drug-likeness (QED) is 0.745. The van der Waals surface area contributed by atoms with Crippen LogP contribution in [0, 0.1) is 5.41 Å². The summed E-state index contributed by atoms with van der Waals surface area (Å²) in [5, 5.41) is 12.0. The van der Waals surface area contributed by atoms with E-state index in [0.29, 0.717) is 19.4 Å². The van der Waals surface area contributed by atoms with Crippen molar-refractivity contribution in [2.75, 3.05) is 6.61 Å². The Bertz CT molecular complexity index is 372. The molecule has 0 radical (unpaired) electrons. The number of amides is 1. The molecule has 1 saturated carbocycles. The van der Waals surface area contributed by atoms with Gasteiger partial charge in [-0.3, -0.25) is 9.59 Å². The van der Waals surface area contributed by atoms with Gasteiger partial charge in [0.2, 0.25) is 5.91 Å². The molecular formula is C14H23NO4. The van der Waals surface area contributed by atoms with E-state index in [1.165, 1.54) is 0 Å². The number of hydrogen-bond acceptors (Lipinski definition) is 3. The van der Waals surface area contributed by atoms with Gasteiger partial charge in [-0.1, -0.05) is 13.8 Å². The molecule has 0 aromatic heterocycles. The number of carboxylic acid groups (broad SMARTS) is 1. The predicted molar refractivity (Wildman–Crippen MR) is 69.7 cm³/mol. The lowest BCUT2D eigenvalue weighted by molar-refractivity contribution is -0.150. The maximum absolute atomic E-state index is 12.1. The zero-order chi connectivity index (χ0) is 14.1. The Balaban J connectivity index is 1.96. The van der Waals surface area contributed by atoms with E-state index in [1.807, 2.05) is 0 Å². The third kappa shape index (κ3) is 2.61. The maximum Gasteiger partial charge on any atom is 0.319 e. The summed E-state index contributed by atoms with van der Waals surface area (Å²) in [7, 11) is 0. The Morgan fingerprint density at radius 2 is 1.95 bits per heavy atom. The van der Waals surface area contributed by atoms with Crippen molar-refractivity contribution in [3.05, 3.63) is 0 Å². The molecule has 1 unspecified atom stereocenters. The molecule has 1 atom stereocenters. The van der Waals surface area contributed by atoms with Gasteiger partial charge in [0, 0.05) is 12.6 Å². The summed E-state index contributed by atoms with van der Waals surface area (Å²) in [6.45, 7) is 4.81. The van der Waals surface area contributed by atoms with E-state index in [1.54, 1.807) is 0 Å². The van der Waals surface area contributed by atoms with Crippen LogP contribution in [0.5, 0.6) is 0 Å². The van der Waals surface area contributed by atoms with E-state index in [9.17, 15) is 9.59 Å². The smallest absolute Gasteiger partial charge is 0.319 e. The van der Waals surface area contributed by atoms with E-state index in [4.69, 9.17) is 9.84 Å². The molecule has 1 amide bonds. The van der Waals surface area contributed by atoms with Gasteiger partial charge < -0.3 is 15.2 Å². The van der Waals surface area contributed by atoms with Crippen molar-refractivity contribution in [2.45, 2.75) is 64.0 Å². The third-order valence-electron chi connectivity index (χ3n) is 4.71. The van der Waals surface area contributed by atoms with Crippen molar-refractivity contribution in [1.82, 2.24) is 5.32 Å². The summed E-state index contributed by atoms with van der Waals surface area (Å²) >= 11 is 0.